The molecule has 0 saturated carbocycles. The van der Waals surface area contributed by atoms with Crippen molar-refractivity contribution < 1.29 is 19.1 Å². The maximum atomic E-state index is 11.9. The number of carbonyl (C=O) groups is 2. The van der Waals surface area contributed by atoms with Crippen molar-refractivity contribution in [1.29, 1.82) is 0 Å². The number of nitrogens with two attached hydrogens (primary N) is 1. The van der Waals surface area contributed by atoms with E-state index in [4.69, 9.17) is 50.0 Å². The second kappa shape index (κ2) is 8.01. The van der Waals surface area contributed by atoms with Crippen molar-refractivity contribution in [3.05, 3.63) is 20.9 Å². The van der Waals surface area contributed by atoms with Crippen LogP contribution in [0.15, 0.2) is 0 Å². The average Bonchev–Trinajstić information content (AvgIpc) is 3.05. The summed E-state index contributed by atoms with van der Waals surface area (Å²) < 4.78 is 10.2. The molecule has 23 heavy (non-hydrogen) atoms. The average molecular weight is 383 g/mol. The fourth-order valence-electron chi connectivity index (χ4n) is 1.95. The van der Waals surface area contributed by atoms with E-state index in [9.17, 15) is 9.59 Å². The Morgan fingerprint density at radius 3 is 2.74 bits per heavy atom. The van der Waals surface area contributed by atoms with E-state index >= 15 is 0 Å². The lowest BCUT2D eigenvalue weighted by Gasteiger charge is -2.11. The molecule has 10 heteroatoms. The molecule has 2 rings (SSSR count). The molecule has 126 valence electrons. The Labute approximate surface area is 147 Å². The van der Waals surface area contributed by atoms with Crippen LogP contribution in [0.2, 0.25) is 15.2 Å². The van der Waals surface area contributed by atoms with Gasteiger partial charge in [0.15, 0.2) is 17.5 Å². The zero-order valence-corrected chi connectivity index (χ0v) is 14.2. The molecule has 0 unspecified atom stereocenters. The minimum atomic E-state index is -0.924. The number of nitrogens with one attached hydrogen (secondary N) is 1. The number of esters is 1. The fourth-order valence-corrected chi connectivity index (χ4v) is 2.54. The number of pyridine rings is 1. The monoisotopic (exact) mass is 381 g/mol. The van der Waals surface area contributed by atoms with Crippen LogP contribution in [0.25, 0.3) is 0 Å². The maximum absolute atomic E-state index is 11.9. The number of anilines is 1. The van der Waals surface area contributed by atoms with Gasteiger partial charge in [0.1, 0.15) is 5.02 Å². The van der Waals surface area contributed by atoms with Crippen molar-refractivity contribution in [3.63, 3.8) is 0 Å². The zero-order chi connectivity index (χ0) is 17.0. The lowest BCUT2D eigenvalue weighted by molar-refractivity contribution is -0.124. The maximum Gasteiger partial charge on any atom is 0.359 e. The molecule has 0 spiro atoms. The first kappa shape index (κ1) is 18.1. The topological polar surface area (TPSA) is 104 Å². The van der Waals surface area contributed by atoms with Gasteiger partial charge in [0.25, 0.3) is 5.91 Å². The highest BCUT2D eigenvalue weighted by Gasteiger charge is 2.22. The molecule has 0 aliphatic carbocycles. The van der Waals surface area contributed by atoms with E-state index in [1.165, 1.54) is 0 Å². The molecule has 1 aliphatic rings. The Balaban J connectivity index is 1.88. The van der Waals surface area contributed by atoms with E-state index in [2.05, 4.69) is 10.3 Å². The number of hydrogen-bond donors (Lipinski definition) is 2. The summed E-state index contributed by atoms with van der Waals surface area (Å²) in [7, 11) is 0. The molecule has 3 N–H and O–H groups in total. The summed E-state index contributed by atoms with van der Waals surface area (Å²) in [5, 5.41) is 2.20. The number of nitrogens with zero attached hydrogens (tertiary/aromatic N) is 1. The Hall–Kier alpha value is -1.28. The first-order valence-electron chi connectivity index (χ1n) is 6.75. The number of ether oxygens (including phenoxy) is 2. The molecule has 0 aromatic carbocycles. The molecule has 1 aliphatic heterocycles. The SMILES string of the molecule is Nc1c(Cl)c(Cl)nc(C(=O)OCC(=O)NC[C@@H]2CCCO2)c1Cl. The Morgan fingerprint density at radius 2 is 2.09 bits per heavy atom. The largest absolute Gasteiger partial charge is 0.451 e. The van der Waals surface area contributed by atoms with Crippen molar-refractivity contribution in [1.82, 2.24) is 10.3 Å². The van der Waals surface area contributed by atoms with Crippen LogP contribution in [-0.4, -0.2) is 42.7 Å². The predicted octanol–water partition coefficient (Wildman–Crippen LogP) is 2.08. The number of amides is 1. The van der Waals surface area contributed by atoms with E-state index in [0.717, 1.165) is 12.8 Å². The number of carbonyl (C=O) groups excluding carboxylic acids is 2. The van der Waals surface area contributed by atoms with Gasteiger partial charge in [-0.1, -0.05) is 34.8 Å². The van der Waals surface area contributed by atoms with E-state index in [1.807, 2.05) is 0 Å². The van der Waals surface area contributed by atoms with Gasteiger partial charge in [-0.15, -0.1) is 0 Å². The molecule has 1 atom stereocenters. The van der Waals surface area contributed by atoms with Crippen LogP contribution in [0.5, 0.6) is 0 Å². The van der Waals surface area contributed by atoms with E-state index in [0.29, 0.717) is 13.2 Å². The van der Waals surface area contributed by atoms with Crippen LogP contribution in [0.4, 0.5) is 5.69 Å². The van der Waals surface area contributed by atoms with Gasteiger partial charge in [-0.05, 0) is 12.8 Å². The summed E-state index contributed by atoms with van der Waals surface area (Å²) in [6.07, 6.45) is 1.86. The molecule has 1 fully saturated rings. The molecule has 1 amide bonds. The smallest absolute Gasteiger partial charge is 0.359 e. The number of aromatic nitrogens is 1. The van der Waals surface area contributed by atoms with Crippen molar-refractivity contribution in [3.8, 4) is 0 Å². The Kier molecular flexibility index (Phi) is 6.29. The molecule has 2 heterocycles. The van der Waals surface area contributed by atoms with Gasteiger partial charge in [0, 0.05) is 13.2 Å². The van der Waals surface area contributed by atoms with Crippen LogP contribution in [0.1, 0.15) is 23.3 Å². The highest BCUT2D eigenvalue weighted by molar-refractivity contribution is 6.46. The fraction of sp³-hybridized carbons (Fsp3) is 0.462. The molecule has 0 bridgehead atoms. The van der Waals surface area contributed by atoms with E-state index in [-0.39, 0.29) is 32.7 Å². The van der Waals surface area contributed by atoms with E-state index in [1.54, 1.807) is 0 Å². The summed E-state index contributed by atoms with van der Waals surface area (Å²) >= 11 is 17.4. The van der Waals surface area contributed by atoms with Crippen LogP contribution < -0.4 is 11.1 Å². The second-order valence-corrected chi connectivity index (χ2v) is 5.92. The van der Waals surface area contributed by atoms with Gasteiger partial charge < -0.3 is 20.5 Å². The molecule has 1 aromatic heterocycles. The Morgan fingerprint density at radius 1 is 1.35 bits per heavy atom. The standard InChI is InChI=1S/C13H14Cl3N3O4/c14-8-10(17)9(15)12(16)19-11(8)13(21)23-5-7(20)18-4-6-2-1-3-22-6/h6H,1-5H2,(H2,17,19)(H,18,20)/t6-/m0/s1. The van der Waals surface area contributed by atoms with Crippen molar-refractivity contribution >= 4 is 52.4 Å². The second-order valence-electron chi connectivity index (χ2n) is 4.81. The van der Waals surface area contributed by atoms with Gasteiger partial charge in [-0.25, -0.2) is 9.78 Å². The number of nitrogen functional groups attached to an aromatic ring is 1. The third kappa shape index (κ3) is 4.60. The van der Waals surface area contributed by atoms with Gasteiger partial charge in [0.2, 0.25) is 0 Å². The lowest BCUT2D eigenvalue weighted by Crippen LogP contribution is -2.34. The van der Waals surface area contributed by atoms with Crippen LogP contribution in [0, 0.1) is 0 Å². The third-order valence-electron chi connectivity index (χ3n) is 3.15. The van der Waals surface area contributed by atoms with Gasteiger partial charge in [0.05, 0.1) is 16.8 Å². The predicted molar refractivity (Wildman–Crippen MR) is 85.9 cm³/mol. The first-order chi connectivity index (χ1) is 10.9. The van der Waals surface area contributed by atoms with E-state index < -0.39 is 18.5 Å². The zero-order valence-electron chi connectivity index (χ0n) is 11.9. The van der Waals surface area contributed by atoms with Crippen molar-refractivity contribution in [2.75, 3.05) is 25.5 Å². The highest BCUT2D eigenvalue weighted by Crippen LogP contribution is 2.34. The quantitative estimate of drug-likeness (QED) is 0.597. The number of hydrogen-bond acceptors (Lipinski definition) is 6. The lowest BCUT2D eigenvalue weighted by atomic mass is 10.2. The van der Waals surface area contributed by atoms with Crippen molar-refractivity contribution in [2.24, 2.45) is 0 Å². The van der Waals surface area contributed by atoms with Crippen LogP contribution >= 0.6 is 34.8 Å². The molecular formula is C13H14Cl3N3O4. The summed E-state index contributed by atoms with van der Waals surface area (Å²) in [5.74, 6) is -1.38. The summed E-state index contributed by atoms with van der Waals surface area (Å²) in [6, 6.07) is 0. The molecular weight excluding hydrogens is 369 g/mol. The summed E-state index contributed by atoms with van der Waals surface area (Å²) in [5.41, 5.74) is 5.22. The first-order valence-corrected chi connectivity index (χ1v) is 7.89. The molecule has 1 saturated heterocycles. The van der Waals surface area contributed by atoms with Crippen LogP contribution in [-0.2, 0) is 14.3 Å². The van der Waals surface area contributed by atoms with Gasteiger partial charge in [-0.3, -0.25) is 4.79 Å². The normalized spacial score (nSPS) is 17.1. The molecule has 1 aromatic rings. The van der Waals surface area contributed by atoms with Gasteiger partial charge >= 0.3 is 5.97 Å². The third-order valence-corrected chi connectivity index (χ3v) is 4.29. The van der Waals surface area contributed by atoms with Crippen LogP contribution in [0.3, 0.4) is 0 Å². The minimum absolute atomic E-state index is 0.000586. The molecule has 0 radical (unpaired) electrons. The summed E-state index contributed by atoms with van der Waals surface area (Å²) in [4.78, 5) is 27.3. The number of halogens is 3. The summed E-state index contributed by atoms with van der Waals surface area (Å²) in [6.45, 7) is 0.581. The molecule has 7 nitrogen and oxygen atoms in total. The van der Waals surface area contributed by atoms with Gasteiger partial charge in [-0.2, -0.15) is 0 Å². The Bertz CT molecular complexity index is 621. The minimum Gasteiger partial charge on any atom is -0.451 e. The van der Waals surface area contributed by atoms with Crippen molar-refractivity contribution in [2.45, 2.75) is 18.9 Å². The number of rotatable bonds is 5. The highest BCUT2D eigenvalue weighted by atomic mass is 35.5.